The minimum absolute atomic E-state index is 0.0997. The molecule has 5 unspecified atom stereocenters. The molecule has 7 aliphatic rings. The first-order valence-electron chi connectivity index (χ1n) is 20.8. The second-order valence-corrected chi connectivity index (χ2v) is 17.5. The van der Waals surface area contributed by atoms with Gasteiger partial charge in [0.05, 0.1) is 28.9 Å². The number of esters is 2. The van der Waals surface area contributed by atoms with Gasteiger partial charge in [0, 0.05) is 43.1 Å². The van der Waals surface area contributed by atoms with Crippen molar-refractivity contribution in [2.75, 3.05) is 20.3 Å². The lowest BCUT2D eigenvalue weighted by atomic mass is 9.55. The van der Waals surface area contributed by atoms with E-state index in [1.54, 1.807) is 21.9 Å². The van der Waals surface area contributed by atoms with Crippen LogP contribution in [0.5, 0.6) is 5.75 Å². The molecule has 2 aromatic carbocycles. The summed E-state index contributed by atoms with van der Waals surface area (Å²) in [4.78, 5) is 81.8. The molecule has 0 spiro atoms. The van der Waals surface area contributed by atoms with E-state index in [0.717, 1.165) is 38.5 Å². The summed E-state index contributed by atoms with van der Waals surface area (Å²) in [5, 5.41) is 0. The van der Waals surface area contributed by atoms with Crippen LogP contribution in [-0.2, 0) is 39.8 Å². The molecule has 3 heterocycles. The molecule has 4 fully saturated rings. The van der Waals surface area contributed by atoms with E-state index < -0.39 is 35.3 Å². The molecule has 2 saturated heterocycles. The van der Waals surface area contributed by atoms with Gasteiger partial charge in [-0.25, -0.2) is 9.59 Å². The summed E-state index contributed by atoms with van der Waals surface area (Å²) in [6.07, 6.45) is 4.95. The predicted octanol–water partition coefficient (Wildman–Crippen LogP) is 4.45. The van der Waals surface area contributed by atoms with Gasteiger partial charge in [0.2, 0.25) is 17.5 Å². The third-order valence-corrected chi connectivity index (χ3v) is 14.9. The standard InChI is InChI=1S/C45H50N4O10/c1-23-37(46)40(53)36-31(22-57-43(47)55)45(56-3)41-32(21-48(45)38(36)39(23)52)49(41)34(50)10-7-11-35(51)59-33-17-16-30-29-14-12-25-20-26(58-42(54)24-8-5-4-6-9-24)13-15-27(25)28(29)18-19-44(30,33)2/h4-6,8-9,13,15,20,28-33,41H,7,10-12,14,16-19,21-22,46H2,1-3H3,(H2,47,55)/t28?,29?,30?,31-,32+,33?,41+,44?,45-,49?/m0/s1. The Kier molecular flexibility index (Phi) is 9.48. The summed E-state index contributed by atoms with van der Waals surface area (Å²) >= 11 is 0. The number of fused-ring (bicyclic) bond motifs is 9. The van der Waals surface area contributed by atoms with E-state index in [4.69, 9.17) is 30.4 Å². The number of piperazine rings is 1. The fourth-order valence-corrected chi connectivity index (χ4v) is 12.1. The lowest BCUT2D eigenvalue weighted by molar-refractivity contribution is -0.158. The van der Waals surface area contributed by atoms with Crippen LogP contribution < -0.4 is 16.2 Å². The molecular weight excluding hydrogens is 757 g/mol. The van der Waals surface area contributed by atoms with Crippen molar-refractivity contribution in [1.29, 1.82) is 0 Å². The molecule has 0 aromatic heterocycles. The monoisotopic (exact) mass is 806 g/mol. The molecule has 0 bridgehead atoms. The Balaban J connectivity index is 0.798. The van der Waals surface area contributed by atoms with E-state index in [-0.39, 0.29) is 83.9 Å². The molecule has 3 aliphatic heterocycles. The van der Waals surface area contributed by atoms with Gasteiger partial charge in [-0.2, -0.15) is 0 Å². The molecule has 4 N–H and O–H groups in total. The van der Waals surface area contributed by atoms with E-state index >= 15 is 0 Å². The Morgan fingerprint density at radius 3 is 2.49 bits per heavy atom. The molecule has 2 aromatic rings. The zero-order chi connectivity index (χ0) is 41.5. The minimum Gasteiger partial charge on any atom is -0.462 e. The smallest absolute Gasteiger partial charge is 0.404 e. The van der Waals surface area contributed by atoms with Crippen molar-refractivity contribution >= 4 is 35.5 Å². The lowest BCUT2D eigenvalue weighted by Gasteiger charge is -2.50. The first kappa shape index (κ1) is 39.0. The number of benzene rings is 2. The zero-order valence-electron chi connectivity index (χ0n) is 33.6. The number of ketones is 2. The van der Waals surface area contributed by atoms with Crippen LogP contribution in [-0.4, -0.2) is 89.5 Å². The lowest BCUT2D eigenvalue weighted by Crippen LogP contribution is -2.56. The number of rotatable bonds is 10. The van der Waals surface area contributed by atoms with Gasteiger partial charge in [-0.15, -0.1) is 0 Å². The van der Waals surface area contributed by atoms with E-state index in [1.165, 1.54) is 25.2 Å². The summed E-state index contributed by atoms with van der Waals surface area (Å²) in [7, 11) is 1.44. The average Bonchev–Trinajstić information content (AvgIpc) is 3.55. The van der Waals surface area contributed by atoms with Gasteiger partial charge >= 0.3 is 18.0 Å². The topological polar surface area (TPSA) is 198 Å². The maximum absolute atomic E-state index is 13.7. The van der Waals surface area contributed by atoms with Crippen molar-refractivity contribution in [2.24, 2.45) is 34.6 Å². The van der Waals surface area contributed by atoms with Gasteiger partial charge < -0.3 is 40.2 Å². The van der Waals surface area contributed by atoms with Crippen molar-refractivity contribution in [2.45, 2.75) is 101 Å². The summed E-state index contributed by atoms with van der Waals surface area (Å²) in [5.74, 6) is -0.832. The number of hydrogen-bond acceptors (Lipinski definition) is 12. The molecule has 9 rings (SSSR count). The fraction of sp³-hybridized carbons (Fsp3) is 0.511. The molecule has 9 atom stereocenters. The van der Waals surface area contributed by atoms with E-state index in [9.17, 15) is 28.8 Å². The number of hydrogen-bond donors (Lipinski definition) is 2. The molecule has 2 amide bonds. The SMILES string of the molecule is CO[C@]12[C@@H](COC(N)=O)C3=C(C(=O)C(C)=C(N)C3=O)N1C[C@@H]1[C@H]2N1C(=O)CCCC(=O)OC1CCC2C3CCc4cc(OC(=O)c5ccccc5)ccc4C3CCC12C. The molecule has 14 nitrogen and oxygen atoms in total. The molecular formula is C45H50N4O10. The first-order valence-corrected chi connectivity index (χ1v) is 20.8. The highest BCUT2D eigenvalue weighted by Crippen LogP contribution is 2.62. The number of aryl methyl sites for hydroxylation is 1. The third kappa shape index (κ3) is 5.99. The Labute approximate surface area is 342 Å². The number of amides is 2. The quantitative estimate of drug-likeness (QED) is 0.148. The first-order chi connectivity index (χ1) is 28.3. The number of carbonyl (C=O) groups is 6. The van der Waals surface area contributed by atoms with Gasteiger partial charge in [-0.3, -0.25) is 19.2 Å². The number of nitrogens with zero attached hydrogens (tertiary/aromatic N) is 2. The van der Waals surface area contributed by atoms with Crippen molar-refractivity contribution in [1.82, 2.24) is 9.80 Å². The highest BCUT2D eigenvalue weighted by atomic mass is 16.6. The number of methoxy groups -OCH3 is 1. The molecule has 2 saturated carbocycles. The van der Waals surface area contributed by atoms with Crippen molar-refractivity contribution in [3.63, 3.8) is 0 Å². The van der Waals surface area contributed by atoms with Crippen molar-refractivity contribution in [3.8, 4) is 5.75 Å². The van der Waals surface area contributed by atoms with Crippen LogP contribution in [0.1, 0.15) is 92.6 Å². The summed E-state index contributed by atoms with van der Waals surface area (Å²) in [6.45, 7) is 3.68. The number of carbonyl (C=O) groups excluding carboxylic acids is 6. The summed E-state index contributed by atoms with van der Waals surface area (Å²) in [5.41, 5.74) is 13.2. The van der Waals surface area contributed by atoms with Crippen LogP contribution in [0.15, 0.2) is 71.1 Å². The maximum Gasteiger partial charge on any atom is 0.404 e. The van der Waals surface area contributed by atoms with Crippen molar-refractivity contribution in [3.05, 3.63) is 87.8 Å². The van der Waals surface area contributed by atoms with Crippen LogP contribution in [0, 0.1) is 23.2 Å². The highest BCUT2D eigenvalue weighted by Gasteiger charge is 2.77. The normalized spacial score (nSPS) is 32.4. The van der Waals surface area contributed by atoms with Crippen LogP contribution in [0.25, 0.3) is 0 Å². The Morgan fingerprint density at radius 1 is 0.966 bits per heavy atom. The number of primary amides is 1. The molecule has 0 radical (unpaired) electrons. The fourth-order valence-electron chi connectivity index (χ4n) is 12.1. The highest BCUT2D eigenvalue weighted by molar-refractivity contribution is 6.25. The number of nitrogens with two attached hydrogens (primary N) is 2. The maximum atomic E-state index is 13.7. The second kappa shape index (κ2) is 14.4. The van der Waals surface area contributed by atoms with E-state index in [0.29, 0.717) is 35.5 Å². The second-order valence-electron chi connectivity index (χ2n) is 17.5. The Morgan fingerprint density at radius 2 is 1.75 bits per heavy atom. The Hall–Kier alpha value is -5.50. The van der Waals surface area contributed by atoms with Gasteiger partial charge in [-0.05, 0) is 105 Å². The Bertz CT molecular complexity index is 2240. The van der Waals surface area contributed by atoms with Gasteiger partial charge in [0.1, 0.15) is 24.5 Å². The summed E-state index contributed by atoms with van der Waals surface area (Å²) < 4.78 is 23.2. The molecule has 4 aliphatic carbocycles. The predicted molar refractivity (Wildman–Crippen MR) is 210 cm³/mol. The number of allylic oxidation sites excluding steroid dienone is 2. The van der Waals surface area contributed by atoms with Crippen LogP contribution >= 0.6 is 0 Å². The van der Waals surface area contributed by atoms with E-state index in [1.807, 2.05) is 30.3 Å². The number of Topliss-reactive ketones (excluding diaryl/α,β-unsaturated/α-hetero) is 2. The number of ether oxygens (including phenoxy) is 4. The zero-order valence-corrected chi connectivity index (χ0v) is 33.6. The third-order valence-electron chi connectivity index (χ3n) is 14.9. The minimum atomic E-state index is -1.34. The van der Waals surface area contributed by atoms with Gasteiger partial charge in [0.15, 0.2) is 5.72 Å². The molecule has 310 valence electrons. The average molecular weight is 807 g/mol. The van der Waals surface area contributed by atoms with E-state index in [2.05, 4.69) is 13.0 Å². The van der Waals surface area contributed by atoms with Gasteiger partial charge in [-0.1, -0.05) is 31.2 Å². The largest absolute Gasteiger partial charge is 0.462 e. The van der Waals surface area contributed by atoms with Crippen LogP contribution in [0.2, 0.25) is 0 Å². The molecule has 59 heavy (non-hydrogen) atoms. The van der Waals surface area contributed by atoms with Gasteiger partial charge in [0.25, 0.3) is 0 Å². The van der Waals surface area contributed by atoms with Crippen LogP contribution in [0.4, 0.5) is 4.79 Å². The van der Waals surface area contributed by atoms with Crippen molar-refractivity contribution < 1.29 is 47.7 Å². The molecule has 14 heteroatoms. The summed E-state index contributed by atoms with van der Waals surface area (Å²) in [6, 6.07) is 14.2. The van der Waals surface area contributed by atoms with Crippen LogP contribution in [0.3, 0.4) is 0 Å².